The number of hydrogen-bond acceptors (Lipinski definition) is 3. The Morgan fingerprint density at radius 2 is 2.08 bits per heavy atom. The van der Waals surface area contributed by atoms with Crippen LogP contribution in [-0.4, -0.2) is 20.8 Å². The minimum Gasteiger partial charge on any atom is -0.382 e. The number of nitrogens with one attached hydrogen (secondary N) is 1. The van der Waals surface area contributed by atoms with E-state index in [4.69, 9.17) is 0 Å². The van der Waals surface area contributed by atoms with Crippen LogP contribution >= 0.6 is 0 Å². The Morgan fingerprint density at radius 3 is 2.88 bits per heavy atom. The largest absolute Gasteiger partial charge is 0.382 e. The number of rotatable bonds is 4. The molecule has 1 aromatic carbocycles. The standard InChI is InChI=1S/C21H24N4/c1-16-10-12-25(24-16)21-9-3-8-20(14-21)23-19-7-2-5-17(13-19)18-6-4-11-22-15-18/h3-4,6,8-12,14-15,17,19,23H,2,5,7,13H2,1H3. The summed E-state index contributed by atoms with van der Waals surface area (Å²) in [5.41, 5.74) is 4.67. The van der Waals surface area contributed by atoms with Crippen molar-refractivity contribution in [3.63, 3.8) is 0 Å². The average Bonchev–Trinajstić information content (AvgIpc) is 3.09. The molecular weight excluding hydrogens is 308 g/mol. The second-order valence-corrected chi connectivity index (χ2v) is 6.94. The predicted octanol–water partition coefficient (Wildman–Crippen LogP) is 4.71. The number of hydrogen-bond donors (Lipinski definition) is 1. The van der Waals surface area contributed by atoms with Gasteiger partial charge in [0.1, 0.15) is 0 Å². The van der Waals surface area contributed by atoms with Crippen LogP contribution in [-0.2, 0) is 0 Å². The average molecular weight is 332 g/mol. The first-order chi connectivity index (χ1) is 12.3. The van der Waals surface area contributed by atoms with Crippen molar-refractivity contribution >= 4 is 5.69 Å². The highest BCUT2D eigenvalue weighted by Gasteiger charge is 2.23. The maximum absolute atomic E-state index is 4.50. The van der Waals surface area contributed by atoms with Crippen LogP contribution in [0.15, 0.2) is 61.1 Å². The zero-order valence-electron chi connectivity index (χ0n) is 14.6. The number of pyridine rings is 1. The summed E-state index contributed by atoms with van der Waals surface area (Å²) < 4.78 is 1.93. The lowest BCUT2D eigenvalue weighted by Crippen LogP contribution is -2.26. The van der Waals surface area contributed by atoms with Gasteiger partial charge in [0.25, 0.3) is 0 Å². The van der Waals surface area contributed by atoms with Crippen LogP contribution in [0.25, 0.3) is 5.69 Å². The van der Waals surface area contributed by atoms with Crippen LogP contribution in [0.2, 0.25) is 0 Å². The molecule has 128 valence electrons. The second kappa shape index (κ2) is 7.09. The van der Waals surface area contributed by atoms with Gasteiger partial charge in [0.05, 0.1) is 11.4 Å². The second-order valence-electron chi connectivity index (χ2n) is 6.94. The molecule has 0 spiro atoms. The molecule has 0 amide bonds. The molecule has 25 heavy (non-hydrogen) atoms. The molecule has 3 aromatic rings. The smallest absolute Gasteiger partial charge is 0.0666 e. The molecule has 0 radical (unpaired) electrons. The molecule has 4 heteroatoms. The van der Waals surface area contributed by atoms with E-state index in [0.717, 1.165) is 17.8 Å². The van der Waals surface area contributed by atoms with E-state index >= 15 is 0 Å². The Labute approximate surface area is 148 Å². The molecule has 0 saturated heterocycles. The lowest BCUT2D eigenvalue weighted by Gasteiger charge is -2.30. The molecule has 4 nitrogen and oxygen atoms in total. The summed E-state index contributed by atoms with van der Waals surface area (Å²) in [4.78, 5) is 4.29. The summed E-state index contributed by atoms with van der Waals surface area (Å²) in [7, 11) is 0. The Hall–Kier alpha value is -2.62. The lowest BCUT2D eigenvalue weighted by molar-refractivity contribution is 0.410. The van der Waals surface area contributed by atoms with E-state index in [1.54, 1.807) is 0 Å². The van der Waals surface area contributed by atoms with Crippen molar-refractivity contribution in [3.8, 4) is 5.69 Å². The van der Waals surface area contributed by atoms with E-state index in [-0.39, 0.29) is 0 Å². The maximum atomic E-state index is 4.50. The molecule has 2 aromatic heterocycles. The molecular formula is C21H24N4. The van der Waals surface area contributed by atoms with Crippen molar-refractivity contribution in [2.45, 2.75) is 44.6 Å². The number of nitrogens with zero attached hydrogens (tertiary/aromatic N) is 3. The highest BCUT2D eigenvalue weighted by atomic mass is 15.3. The number of aryl methyl sites for hydroxylation is 1. The molecule has 1 N–H and O–H groups in total. The molecule has 1 fully saturated rings. The first kappa shape index (κ1) is 15.9. The van der Waals surface area contributed by atoms with Crippen LogP contribution < -0.4 is 5.32 Å². The summed E-state index contributed by atoms with van der Waals surface area (Å²) in [6, 6.07) is 15.3. The molecule has 1 aliphatic rings. The molecule has 2 atom stereocenters. The van der Waals surface area contributed by atoms with E-state index in [1.807, 2.05) is 42.3 Å². The minimum absolute atomic E-state index is 0.508. The van der Waals surface area contributed by atoms with Gasteiger partial charge in [-0.15, -0.1) is 0 Å². The third-order valence-corrected chi connectivity index (χ3v) is 5.03. The summed E-state index contributed by atoms with van der Waals surface area (Å²) in [5, 5.41) is 8.24. The van der Waals surface area contributed by atoms with Crippen molar-refractivity contribution in [2.24, 2.45) is 0 Å². The predicted molar refractivity (Wildman–Crippen MR) is 101 cm³/mol. The molecule has 1 aliphatic carbocycles. The Morgan fingerprint density at radius 1 is 1.12 bits per heavy atom. The number of anilines is 1. The summed E-state index contributed by atoms with van der Waals surface area (Å²) >= 11 is 0. The van der Waals surface area contributed by atoms with Gasteiger partial charge in [0.15, 0.2) is 0 Å². The van der Waals surface area contributed by atoms with Gasteiger partial charge < -0.3 is 5.32 Å². The molecule has 2 unspecified atom stereocenters. The number of aromatic nitrogens is 3. The first-order valence-corrected chi connectivity index (χ1v) is 9.07. The van der Waals surface area contributed by atoms with Crippen LogP contribution in [0.4, 0.5) is 5.69 Å². The van der Waals surface area contributed by atoms with Gasteiger partial charge in [-0.3, -0.25) is 4.98 Å². The van der Waals surface area contributed by atoms with Crippen molar-refractivity contribution in [1.82, 2.24) is 14.8 Å². The van der Waals surface area contributed by atoms with E-state index < -0.39 is 0 Å². The SMILES string of the molecule is Cc1ccn(-c2cccc(NC3CCCC(c4cccnc4)C3)c2)n1. The third kappa shape index (κ3) is 3.73. The van der Waals surface area contributed by atoms with E-state index in [2.05, 4.69) is 45.7 Å². The highest BCUT2D eigenvalue weighted by molar-refractivity contribution is 5.51. The Bertz CT molecular complexity index is 825. The van der Waals surface area contributed by atoms with Crippen molar-refractivity contribution < 1.29 is 0 Å². The van der Waals surface area contributed by atoms with Crippen molar-refractivity contribution in [1.29, 1.82) is 0 Å². The third-order valence-electron chi connectivity index (χ3n) is 5.03. The van der Waals surface area contributed by atoms with Crippen LogP contribution in [0, 0.1) is 6.92 Å². The summed E-state index contributed by atoms with van der Waals surface area (Å²) in [6.45, 7) is 2.01. The van der Waals surface area contributed by atoms with Crippen LogP contribution in [0.3, 0.4) is 0 Å². The molecule has 2 heterocycles. The van der Waals surface area contributed by atoms with Crippen LogP contribution in [0.1, 0.15) is 42.9 Å². The van der Waals surface area contributed by atoms with Gasteiger partial charge in [-0.05, 0) is 68.0 Å². The molecule has 0 bridgehead atoms. The van der Waals surface area contributed by atoms with Gasteiger partial charge in [-0.1, -0.05) is 18.6 Å². The summed E-state index contributed by atoms with van der Waals surface area (Å²) in [5.74, 6) is 0.608. The van der Waals surface area contributed by atoms with Crippen LogP contribution in [0.5, 0.6) is 0 Å². The quantitative estimate of drug-likeness (QED) is 0.752. The first-order valence-electron chi connectivity index (χ1n) is 9.07. The minimum atomic E-state index is 0.508. The Balaban J connectivity index is 1.47. The van der Waals surface area contributed by atoms with Crippen molar-refractivity contribution in [2.75, 3.05) is 5.32 Å². The fraction of sp³-hybridized carbons (Fsp3) is 0.333. The number of benzene rings is 1. The monoisotopic (exact) mass is 332 g/mol. The normalized spacial score (nSPS) is 20.4. The highest BCUT2D eigenvalue weighted by Crippen LogP contribution is 2.34. The van der Waals surface area contributed by atoms with E-state index in [0.29, 0.717) is 12.0 Å². The summed E-state index contributed by atoms with van der Waals surface area (Å²) in [6.07, 6.45) is 10.8. The molecule has 1 saturated carbocycles. The zero-order valence-corrected chi connectivity index (χ0v) is 14.6. The van der Waals surface area contributed by atoms with Crippen molar-refractivity contribution in [3.05, 3.63) is 72.3 Å². The van der Waals surface area contributed by atoms with Gasteiger partial charge in [0, 0.05) is 30.3 Å². The lowest BCUT2D eigenvalue weighted by atomic mass is 9.82. The zero-order chi connectivity index (χ0) is 17.1. The maximum Gasteiger partial charge on any atom is 0.0666 e. The topological polar surface area (TPSA) is 42.7 Å². The molecule has 0 aliphatic heterocycles. The molecule has 4 rings (SSSR count). The fourth-order valence-corrected chi connectivity index (χ4v) is 3.77. The fourth-order valence-electron chi connectivity index (χ4n) is 3.77. The Kier molecular flexibility index (Phi) is 4.51. The van der Waals surface area contributed by atoms with Gasteiger partial charge in [-0.2, -0.15) is 5.10 Å². The van der Waals surface area contributed by atoms with Gasteiger partial charge in [0.2, 0.25) is 0 Å². The van der Waals surface area contributed by atoms with Gasteiger partial charge >= 0.3 is 0 Å². The van der Waals surface area contributed by atoms with E-state index in [9.17, 15) is 0 Å². The van der Waals surface area contributed by atoms with E-state index in [1.165, 1.54) is 30.5 Å². The van der Waals surface area contributed by atoms with Gasteiger partial charge in [-0.25, -0.2) is 4.68 Å².